The normalized spacial score (nSPS) is 11.0. The summed E-state index contributed by atoms with van der Waals surface area (Å²) in [6, 6.07) is 6.15. The minimum absolute atomic E-state index is 0.368. The molecule has 0 saturated heterocycles. The van der Waals surface area contributed by atoms with Crippen molar-refractivity contribution in [1.82, 2.24) is 4.98 Å². The van der Waals surface area contributed by atoms with E-state index in [0.717, 1.165) is 0 Å². The second-order valence-electron chi connectivity index (χ2n) is 3.22. The maximum atomic E-state index is 12.5. The van der Waals surface area contributed by atoms with Gasteiger partial charge in [-0.15, -0.1) is 0 Å². The molecule has 16 heavy (non-hydrogen) atoms. The standard InChI is InChI=1S/C11H9F2NO2/c1-16-9-4-2-3-7-6(9)5-8(15)10(14-7)11(12)13/h2-5,11,15H,1H3. The minimum atomic E-state index is -2.80. The number of rotatable bonds is 2. The van der Waals surface area contributed by atoms with Crippen molar-refractivity contribution in [3.05, 3.63) is 30.0 Å². The zero-order chi connectivity index (χ0) is 11.7. The average Bonchev–Trinajstić information content (AvgIpc) is 2.27. The first-order valence-corrected chi connectivity index (χ1v) is 4.58. The molecule has 2 aromatic rings. The van der Waals surface area contributed by atoms with Crippen LogP contribution in [0.5, 0.6) is 11.5 Å². The van der Waals surface area contributed by atoms with Crippen molar-refractivity contribution in [2.45, 2.75) is 6.43 Å². The Morgan fingerprint density at radius 3 is 2.75 bits per heavy atom. The number of methoxy groups -OCH3 is 1. The highest BCUT2D eigenvalue weighted by atomic mass is 19.3. The van der Waals surface area contributed by atoms with Gasteiger partial charge in [-0.25, -0.2) is 13.8 Å². The van der Waals surface area contributed by atoms with Gasteiger partial charge in [-0.2, -0.15) is 0 Å². The maximum absolute atomic E-state index is 12.5. The molecule has 3 nitrogen and oxygen atoms in total. The number of ether oxygens (including phenoxy) is 1. The number of nitrogens with zero attached hydrogens (tertiary/aromatic N) is 1. The van der Waals surface area contributed by atoms with Gasteiger partial charge in [-0.1, -0.05) is 6.07 Å². The summed E-state index contributed by atoms with van der Waals surface area (Å²) < 4.78 is 30.0. The van der Waals surface area contributed by atoms with Crippen LogP contribution in [-0.2, 0) is 0 Å². The van der Waals surface area contributed by atoms with E-state index < -0.39 is 17.9 Å². The predicted octanol–water partition coefficient (Wildman–Crippen LogP) is 2.89. The number of aromatic nitrogens is 1. The molecule has 0 fully saturated rings. The molecule has 0 aliphatic carbocycles. The van der Waals surface area contributed by atoms with Crippen molar-refractivity contribution < 1.29 is 18.6 Å². The Morgan fingerprint density at radius 2 is 2.12 bits per heavy atom. The van der Waals surface area contributed by atoms with Gasteiger partial charge in [0.1, 0.15) is 17.2 Å². The number of aromatic hydroxyl groups is 1. The second kappa shape index (κ2) is 3.92. The molecule has 0 unspecified atom stereocenters. The second-order valence-corrected chi connectivity index (χ2v) is 3.22. The molecule has 0 saturated carbocycles. The van der Waals surface area contributed by atoms with Crippen LogP contribution in [0.1, 0.15) is 12.1 Å². The summed E-state index contributed by atoms with van der Waals surface area (Å²) in [5.41, 5.74) is -0.242. The third-order valence-electron chi connectivity index (χ3n) is 2.25. The van der Waals surface area contributed by atoms with Crippen molar-refractivity contribution in [3.8, 4) is 11.5 Å². The summed E-state index contributed by atoms with van der Waals surface area (Å²) in [5, 5.41) is 9.91. The van der Waals surface area contributed by atoms with E-state index in [4.69, 9.17) is 4.74 Å². The summed E-state index contributed by atoms with van der Waals surface area (Å²) >= 11 is 0. The third kappa shape index (κ3) is 1.64. The third-order valence-corrected chi connectivity index (χ3v) is 2.25. The Morgan fingerprint density at radius 1 is 1.38 bits per heavy atom. The lowest BCUT2D eigenvalue weighted by molar-refractivity contribution is 0.142. The minimum Gasteiger partial charge on any atom is -0.506 e. The summed E-state index contributed by atoms with van der Waals surface area (Å²) in [5.74, 6) is -0.0342. The van der Waals surface area contributed by atoms with Crippen molar-refractivity contribution in [3.63, 3.8) is 0 Å². The number of fused-ring (bicyclic) bond motifs is 1. The molecular weight excluding hydrogens is 216 g/mol. The van der Waals surface area contributed by atoms with Crippen LogP contribution >= 0.6 is 0 Å². The first-order chi connectivity index (χ1) is 7.63. The molecule has 1 heterocycles. The van der Waals surface area contributed by atoms with E-state index in [2.05, 4.69) is 4.98 Å². The lowest BCUT2D eigenvalue weighted by Crippen LogP contribution is -1.93. The van der Waals surface area contributed by atoms with Crippen LogP contribution in [0.2, 0.25) is 0 Å². The summed E-state index contributed by atoms with van der Waals surface area (Å²) in [4.78, 5) is 3.70. The van der Waals surface area contributed by atoms with E-state index in [0.29, 0.717) is 16.7 Å². The number of hydrogen-bond donors (Lipinski definition) is 1. The van der Waals surface area contributed by atoms with Crippen molar-refractivity contribution in [2.75, 3.05) is 7.11 Å². The molecule has 0 radical (unpaired) electrons. The van der Waals surface area contributed by atoms with Gasteiger partial charge in [0.15, 0.2) is 0 Å². The van der Waals surface area contributed by atoms with Gasteiger partial charge in [0.2, 0.25) is 0 Å². The predicted molar refractivity (Wildman–Crippen MR) is 54.9 cm³/mol. The summed E-state index contributed by atoms with van der Waals surface area (Å²) in [6.45, 7) is 0. The number of halogens is 2. The SMILES string of the molecule is COc1cccc2nc(C(F)F)c(O)cc12. The van der Waals surface area contributed by atoms with E-state index in [-0.39, 0.29) is 0 Å². The zero-order valence-corrected chi connectivity index (χ0v) is 8.45. The molecule has 84 valence electrons. The van der Waals surface area contributed by atoms with E-state index >= 15 is 0 Å². The van der Waals surface area contributed by atoms with Gasteiger partial charge >= 0.3 is 0 Å². The number of benzene rings is 1. The Balaban J connectivity index is 2.73. The van der Waals surface area contributed by atoms with Gasteiger partial charge < -0.3 is 9.84 Å². The van der Waals surface area contributed by atoms with Crippen LogP contribution in [0.4, 0.5) is 8.78 Å². The molecule has 0 aliphatic heterocycles. The summed E-state index contributed by atoms with van der Waals surface area (Å²) in [7, 11) is 1.47. The Kier molecular flexibility index (Phi) is 2.60. The fourth-order valence-corrected chi connectivity index (χ4v) is 1.51. The Bertz CT molecular complexity index is 529. The van der Waals surface area contributed by atoms with Gasteiger partial charge in [0, 0.05) is 5.39 Å². The van der Waals surface area contributed by atoms with Gasteiger partial charge in [-0.05, 0) is 18.2 Å². The van der Waals surface area contributed by atoms with Crippen LogP contribution in [-0.4, -0.2) is 17.2 Å². The molecule has 2 rings (SSSR count). The van der Waals surface area contributed by atoms with E-state index in [1.54, 1.807) is 18.2 Å². The van der Waals surface area contributed by atoms with Crippen molar-refractivity contribution >= 4 is 10.9 Å². The first-order valence-electron chi connectivity index (χ1n) is 4.58. The number of hydrogen-bond acceptors (Lipinski definition) is 3. The van der Waals surface area contributed by atoms with Crippen LogP contribution in [0.25, 0.3) is 10.9 Å². The van der Waals surface area contributed by atoms with E-state index in [1.807, 2.05) is 0 Å². The molecule has 1 aromatic carbocycles. The van der Waals surface area contributed by atoms with Crippen LogP contribution in [0, 0.1) is 0 Å². The van der Waals surface area contributed by atoms with E-state index in [1.165, 1.54) is 13.2 Å². The zero-order valence-electron chi connectivity index (χ0n) is 8.45. The Labute approximate surface area is 90.3 Å². The largest absolute Gasteiger partial charge is 0.506 e. The quantitative estimate of drug-likeness (QED) is 0.854. The smallest absolute Gasteiger partial charge is 0.284 e. The Hall–Kier alpha value is -1.91. The van der Waals surface area contributed by atoms with Gasteiger partial charge in [0.05, 0.1) is 12.6 Å². The number of pyridine rings is 1. The lowest BCUT2D eigenvalue weighted by Gasteiger charge is -2.08. The lowest BCUT2D eigenvalue weighted by atomic mass is 10.1. The number of alkyl halides is 2. The van der Waals surface area contributed by atoms with Gasteiger partial charge in [0.25, 0.3) is 6.43 Å². The monoisotopic (exact) mass is 225 g/mol. The van der Waals surface area contributed by atoms with Crippen LogP contribution < -0.4 is 4.74 Å². The van der Waals surface area contributed by atoms with Gasteiger partial charge in [-0.3, -0.25) is 0 Å². The van der Waals surface area contributed by atoms with Crippen molar-refractivity contribution in [1.29, 1.82) is 0 Å². The van der Waals surface area contributed by atoms with Crippen LogP contribution in [0.3, 0.4) is 0 Å². The molecule has 0 aliphatic rings. The topological polar surface area (TPSA) is 42.4 Å². The molecule has 5 heteroatoms. The van der Waals surface area contributed by atoms with E-state index in [9.17, 15) is 13.9 Å². The highest BCUT2D eigenvalue weighted by Crippen LogP contribution is 2.33. The maximum Gasteiger partial charge on any atom is 0.284 e. The average molecular weight is 225 g/mol. The van der Waals surface area contributed by atoms with Crippen LogP contribution in [0.15, 0.2) is 24.3 Å². The molecule has 0 bridgehead atoms. The summed E-state index contributed by atoms with van der Waals surface area (Å²) in [6.07, 6.45) is -2.80. The fraction of sp³-hybridized carbons (Fsp3) is 0.182. The highest BCUT2D eigenvalue weighted by molar-refractivity contribution is 5.86. The first kappa shape index (κ1) is 10.6. The molecule has 0 spiro atoms. The molecule has 0 amide bonds. The highest BCUT2D eigenvalue weighted by Gasteiger charge is 2.16. The molecule has 1 aromatic heterocycles. The molecule has 1 N–H and O–H groups in total. The molecule has 0 atom stereocenters. The molecular formula is C11H9F2NO2. The van der Waals surface area contributed by atoms with Crippen molar-refractivity contribution in [2.24, 2.45) is 0 Å². The fourth-order valence-electron chi connectivity index (χ4n) is 1.51.